The van der Waals surface area contributed by atoms with Crippen LogP contribution >= 0.6 is 0 Å². The Hall–Kier alpha value is -1.19. The van der Waals surface area contributed by atoms with E-state index in [4.69, 9.17) is 0 Å². The van der Waals surface area contributed by atoms with E-state index in [9.17, 15) is 4.39 Å². The minimum absolute atomic E-state index is 0.145. The second kappa shape index (κ2) is 6.13. The lowest BCUT2D eigenvalue weighted by molar-refractivity contribution is 0.108. The van der Waals surface area contributed by atoms with Crippen LogP contribution < -0.4 is 0 Å². The molecule has 0 aromatic heterocycles. The van der Waals surface area contributed by atoms with Gasteiger partial charge in [0, 0.05) is 39.3 Å². The number of hydrogen-bond donors (Lipinski definition) is 0. The van der Waals surface area contributed by atoms with Crippen LogP contribution in [0.25, 0.3) is 0 Å². The molecule has 1 aliphatic heterocycles. The highest BCUT2D eigenvalue weighted by Gasteiger charge is 2.36. The van der Waals surface area contributed by atoms with Crippen molar-refractivity contribution in [3.05, 3.63) is 47.8 Å². The molecule has 2 aliphatic carbocycles. The third kappa shape index (κ3) is 3.11. The second-order valence-corrected chi connectivity index (χ2v) is 7.24. The van der Waals surface area contributed by atoms with E-state index in [0.29, 0.717) is 0 Å². The average molecular weight is 300 g/mol. The first-order chi connectivity index (χ1) is 10.8. The summed E-state index contributed by atoms with van der Waals surface area (Å²) in [6.07, 6.45) is 7.72. The molecule has 3 atom stereocenters. The molecule has 3 unspecified atom stereocenters. The quantitative estimate of drug-likeness (QED) is 0.788. The Labute approximate surface area is 132 Å². The van der Waals surface area contributed by atoms with E-state index in [1.54, 1.807) is 12.1 Å². The molecule has 0 spiro atoms. The standard InChI is InChI=1S/C19H25FN2/c20-19-5-2-15(3-6-19)13-21-7-9-22(10-8-21)14-18-12-16-1-4-17(18)11-16/h1-6,16-18H,7-14H2. The van der Waals surface area contributed by atoms with Crippen LogP contribution in [0.5, 0.6) is 0 Å². The monoisotopic (exact) mass is 300 g/mol. The molecule has 0 N–H and O–H groups in total. The minimum atomic E-state index is -0.145. The van der Waals surface area contributed by atoms with Crippen molar-refractivity contribution in [2.45, 2.75) is 19.4 Å². The van der Waals surface area contributed by atoms with Gasteiger partial charge in [0.1, 0.15) is 5.82 Å². The summed E-state index contributed by atoms with van der Waals surface area (Å²) in [5.74, 6) is 2.50. The maximum atomic E-state index is 12.9. The van der Waals surface area contributed by atoms with E-state index in [2.05, 4.69) is 22.0 Å². The van der Waals surface area contributed by atoms with E-state index in [-0.39, 0.29) is 5.82 Å². The van der Waals surface area contributed by atoms with Crippen molar-refractivity contribution in [3.8, 4) is 0 Å². The van der Waals surface area contributed by atoms with E-state index in [0.717, 1.165) is 37.4 Å². The lowest BCUT2D eigenvalue weighted by Crippen LogP contribution is -2.47. The molecule has 4 rings (SSSR count). The predicted octanol–water partition coefficient (Wildman–Crippen LogP) is 3.16. The third-order valence-corrected chi connectivity index (χ3v) is 5.69. The first kappa shape index (κ1) is 14.4. The second-order valence-electron chi connectivity index (χ2n) is 7.24. The van der Waals surface area contributed by atoms with E-state index in [1.807, 2.05) is 12.1 Å². The normalized spacial score (nSPS) is 32.0. The van der Waals surface area contributed by atoms with Crippen LogP contribution in [0.2, 0.25) is 0 Å². The van der Waals surface area contributed by atoms with Crippen LogP contribution in [-0.4, -0.2) is 42.5 Å². The molecule has 2 fully saturated rings. The average Bonchev–Trinajstić information content (AvgIpc) is 3.14. The van der Waals surface area contributed by atoms with Gasteiger partial charge >= 0.3 is 0 Å². The van der Waals surface area contributed by atoms with Crippen molar-refractivity contribution >= 4 is 0 Å². The zero-order chi connectivity index (χ0) is 14.9. The molecule has 0 amide bonds. The number of halogens is 1. The highest BCUT2D eigenvalue weighted by Crippen LogP contribution is 2.43. The number of fused-ring (bicyclic) bond motifs is 2. The fourth-order valence-electron chi connectivity index (χ4n) is 4.41. The van der Waals surface area contributed by atoms with Crippen LogP contribution in [0, 0.1) is 23.6 Å². The third-order valence-electron chi connectivity index (χ3n) is 5.69. The molecule has 1 saturated carbocycles. The summed E-state index contributed by atoms with van der Waals surface area (Å²) in [4.78, 5) is 5.14. The number of nitrogens with zero attached hydrogens (tertiary/aromatic N) is 2. The van der Waals surface area contributed by atoms with Crippen molar-refractivity contribution < 1.29 is 4.39 Å². The largest absolute Gasteiger partial charge is 0.300 e. The lowest BCUT2D eigenvalue weighted by atomic mass is 9.93. The van der Waals surface area contributed by atoms with Crippen molar-refractivity contribution in [3.63, 3.8) is 0 Å². The van der Waals surface area contributed by atoms with E-state index in [1.165, 1.54) is 38.0 Å². The summed E-state index contributed by atoms with van der Waals surface area (Å²) in [7, 11) is 0. The summed E-state index contributed by atoms with van der Waals surface area (Å²) >= 11 is 0. The number of allylic oxidation sites excluding steroid dienone is 2. The number of hydrogen-bond acceptors (Lipinski definition) is 2. The molecule has 118 valence electrons. The Bertz CT molecular complexity index is 531. The van der Waals surface area contributed by atoms with Crippen LogP contribution in [0.1, 0.15) is 18.4 Å². The van der Waals surface area contributed by atoms with Crippen LogP contribution in [0.15, 0.2) is 36.4 Å². The number of piperazine rings is 1. The fraction of sp³-hybridized carbons (Fsp3) is 0.579. The first-order valence-corrected chi connectivity index (χ1v) is 8.64. The highest BCUT2D eigenvalue weighted by atomic mass is 19.1. The topological polar surface area (TPSA) is 6.48 Å². The smallest absolute Gasteiger partial charge is 0.123 e. The fourth-order valence-corrected chi connectivity index (χ4v) is 4.41. The van der Waals surface area contributed by atoms with Gasteiger partial charge in [0.2, 0.25) is 0 Å². The first-order valence-electron chi connectivity index (χ1n) is 8.64. The van der Waals surface area contributed by atoms with Crippen molar-refractivity contribution in [1.29, 1.82) is 0 Å². The molecule has 1 heterocycles. The van der Waals surface area contributed by atoms with Crippen molar-refractivity contribution in [2.24, 2.45) is 17.8 Å². The molecule has 0 radical (unpaired) electrons. The Morgan fingerprint density at radius 1 is 0.909 bits per heavy atom. The summed E-state index contributed by atoms with van der Waals surface area (Å²) in [6.45, 7) is 6.86. The van der Waals surface area contributed by atoms with Crippen LogP contribution in [0.3, 0.4) is 0 Å². The van der Waals surface area contributed by atoms with Gasteiger partial charge in [-0.25, -0.2) is 4.39 Å². The van der Waals surface area contributed by atoms with Crippen molar-refractivity contribution in [2.75, 3.05) is 32.7 Å². The maximum absolute atomic E-state index is 12.9. The van der Waals surface area contributed by atoms with Gasteiger partial charge in [-0.15, -0.1) is 0 Å². The van der Waals surface area contributed by atoms with Gasteiger partial charge in [-0.05, 0) is 48.3 Å². The van der Waals surface area contributed by atoms with Crippen molar-refractivity contribution in [1.82, 2.24) is 9.80 Å². The van der Waals surface area contributed by atoms with Gasteiger partial charge in [0.05, 0.1) is 0 Å². The molecular weight excluding hydrogens is 275 g/mol. The van der Waals surface area contributed by atoms with Crippen LogP contribution in [-0.2, 0) is 6.54 Å². The minimum Gasteiger partial charge on any atom is -0.300 e. The SMILES string of the molecule is Fc1ccc(CN2CCN(CC3CC4C=CC3C4)CC2)cc1. The molecular formula is C19H25FN2. The Morgan fingerprint density at radius 3 is 2.27 bits per heavy atom. The van der Waals surface area contributed by atoms with Gasteiger partial charge in [0.25, 0.3) is 0 Å². The highest BCUT2D eigenvalue weighted by molar-refractivity contribution is 5.16. The van der Waals surface area contributed by atoms with E-state index < -0.39 is 0 Å². The van der Waals surface area contributed by atoms with Gasteiger partial charge < -0.3 is 4.90 Å². The Balaban J connectivity index is 1.24. The zero-order valence-corrected chi connectivity index (χ0v) is 13.1. The molecule has 22 heavy (non-hydrogen) atoms. The van der Waals surface area contributed by atoms with Gasteiger partial charge in [-0.3, -0.25) is 4.90 Å². The summed E-state index contributed by atoms with van der Waals surface area (Å²) < 4.78 is 12.9. The number of benzene rings is 1. The zero-order valence-electron chi connectivity index (χ0n) is 13.1. The van der Waals surface area contributed by atoms with Gasteiger partial charge in [0.15, 0.2) is 0 Å². The Kier molecular flexibility index (Phi) is 4.01. The molecule has 3 heteroatoms. The summed E-state index contributed by atoms with van der Waals surface area (Å²) in [5, 5.41) is 0. The molecule has 1 aromatic rings. The molecule has 1 saturated heterocycles. The lowest BCUT2D eigenvalue weighted by Gasteiger charge is -2.37. The maximum Gasteiger partial charge on any atom is 0.123 e. The number of rotatable bonds is 4. The molecule has 2 nitrogen and oxygen atoms in total. The predicted molar refractivity (Wildman–Crippen MR) is 87.0 cm³/mol. The van der Waals surface area contributed by atoms with Gasteiger partial charge in [-0.1, -0.05) is 24.3 Å². The summed E-state index contributed by atoms with van der Waals surface area (Å²) in [6, 6.07) is 6.94. The van der Waals surface area contributed by atoms with Crippen LogP contribution in [0.4, 0.5) is 4.39 Å². The molecule has 2 bridgehead atoms. The van der Waals surface area contributed by atoms with E-state index >= 15 is 0 Å². The summed E-state index contributed by atoms with van der Waals surface area (Å²) in [5.41, 5.74) is 1.22. The van der Waals surface area contributed by atoms with Gasteiger partial charge in [-0.2, -0.15) is 0 Å². The Morgan fingerprint density at radius 2 is 1.64 bits per heavy atom. The molecule has 1 aromatic carbocycles. The molecule has 3 aliphatic rings.